The highest BCUT2D eigenvalue weighted by Gasteiger charge is 2.24. The Morgan fingerprint density at radius 2 is 2.29 bits per heavy atom. The number of halogens is 1. The van der Waals surface area contributed by atoms with Crippen molar-refractivity contribution in [1.82, 2.24) is 9.88 Å². The molecule has 1 N–H and O–H groups in total. The topological polar surface area (TPSA) is 26.2 Å². The average molecular weight is 288 g/mol. The standard InChI is InChI=1S/C17H21FN2O/c1-3-19-12(2)16-5-4-8-20(16)11-15-10-13-9-14(18)6-7-17(13)21-15/h4-9,12,15,19H,3,10-11H2,1-2H3. The van der Waals surface area contributed by atoms with Crippen LogP contribution in [-0.4, -0.2) is 17.2 Å². The molecule has 21 heavy (non-hydrogen) atoms. The van der Waals surface area contributed by atoms with Crippen molar-refractivity contribution in [3.8, 4) is 5.75 Å². The lowest BCUT2D eigenvalue weighted by atomic mass is 10.1. The van der Waals surface area contributed by atoms with Gasteiger partial charge in [-0.2, -0.15) is 0 Å². The first-order valence-corrected chi connectivity index (χ1v) is 7.51. The number of nitrogens with one attached hydrogen (secondary N) is 1. The number of aromatic nitrogens is 1. The lowest BCUT2D eigenvalue weighted by Crippen LogP contribution is -2.25. The van der Waals surface area contributed by atoms with Crippen LogP contribution >= 0.6 is 0 Å². The summed E-state index contributed by atoms with van der Waals surface area (Å²) in [6.45, 7) is 6.00. The van der Waals surface area contributed by atoms with Crippen LogP contribution in [0.5, 0.6) is 5.75 Å². The highest BCUT2D eigenvalue weighted by atomic mass is 19.1. The van der Waals surface area contributed by atoms with Crippen molar-refractivity contribution in [2.45, 2.75) is 39.0 Å². The molecule has 0 saturated carbocycles. The first-order chi connectivity index (χ1) is 10.2. The molecule has 0 bridgehead atoms. The van der Waals surface area contributed by atoms with Gasteiger partial charge in [-0.15, -0.1) is 0 Å². The monoisotopic (exact) mass is 288 g/mol. The summed E-state index contributed by atoms with van der Waals surface area (Å²) in [5, 5.41) is 3.43. The van der Waals surface area contributed by atoms with E-state index in [0.717, 1.165) is 30.8 Å². The maximum absolute atomic E-state index is 13.3. The van der Waals surface area contributed by atoms with E-state index in [1.165, 1.54) is 11.8 Å². The zero-order valence-corrected chi connectivity index (χ0v) is 12.5. The molecule has 2 aromatic rings. The van der Waals surface area contributed by atoms with Crippen LogP contribution in [-0.2, 0) is 13.0 Å². The van der Waals surface area contributed by atoms with Gasteiger partial charge in [0.1, 0.15) is 17.7 Å². The summed E-state index contributed by atoms with van der Waals surface area (Å²) in [6.07, 6.45) is 2.91. The van der Waals surface area contributed by atoms with Crippen LogP contribution in [0.2, 0.25) is 0 Å². The molecular weight excluding hydrogens is 267 g/mol. The quantitative estimate of drug-likeness (QED) is 0.913. The zero-order chi connectivity index (χ0) is 14.8. The molecular formula is C17H21FN2O. The number of hydrogen-bond acceptors (Lipinski definition) is 2. The molecule has 2 heterocycles. The summed E-state index contributed by atoms with van der Waals surface area (Å²) < 4.78 is 21.4. The molecule has 2 unspecified atom stereocenters. The lowest BCUT2D eigenvalue weighted by Gasteiger charge is -2.19. The van der Waals surface area contributed by atoms with E-state index < -0.39 is 0 Å². The maximum atomic E-state index is 13.3. The summed E-state index contributed by atoms with van der Waals surface area (Å²) in [4.78, 5) is 0. The Kier molecular flexibility index (Phi) is 3.97. The predicted molar refractivity (Wildman–Crippen MR) is 81.0 cm³/mol. The van der Waals surface area contributed by atoms with Crippen molar-refractivity contribution in [1.29, 1.82) is 0 Å². The Morgan fingerprint density at radius 3 is 3.10 bits per heavy atom. The smallest absolute Gasteiger partial charge is 0.123 e. The maximum Gasteiger partial charge on any atom is 0.123 e. The second-order valence-electron chi connectivity index (χ2n) is 5.56. The second kappa shape index (κ2) is 5.90. The molecule has 2 atom stereocenters. The molecule has 0 aliphatic carbocycles. The van der Waals surface area contributed by atoms with Crippen molar-refractivity contribution in [2.24, 2.45) is 0 Å². The number of rotatable bonds is 5. The Balaban J connectivity index is 1.71. The van der Waals surface area contributed by atoms with E-state index in [1.807, 2.05) is 0 Å². The number of hydrogen-bond donors (Lipinski definition) is 1. The van der Waals surface area contributed by atoms with Crippen molar-refractivity contribution in [3.05, 3.63) is 53.6 Å². The molecule has 1 aliphatic rings. The van der Waals surface area contributed by atoms with Crippen molar-refractivity contribution in [3.63, 3.8) is 0 Å². The Morgan fingerprint density at radius 1 is 1.43 bits per heavy atom. The fraction of sp³-hybridized carbons (Fsp3) is 0.412. The molecule has 0 spiro atoms. The van der Waals surface area contributed by atoms with Gasteiger partial charge in [0.2, 0.25) is 0 Å². The number of benzene rings is 1. The zero-order valence-electron chi connectivity index (χ0n) is 12.5. The van der Waals surface area contributed by atoms with E-state index in [9.17, 15) is 4.39 Å². The third-order valence-corrected chi connectivity index (χ3v) is 3.98. The van der Waals surface area contributed by atoms with Crippen LogP contribution in [0, 0.1) is 5.82 Å². The normalized spacial score (nSPS) is 18.3. The molecule has 0 radical (unpaired) electrons. The summed E-state index contributed by atoms with van der Waals surface area (Å²) in [7, 11) is 0. The van der Waals surface area contributed by atoms with Crippen LogP contribution in [0.25, 0.3) is 0 Å². The molecule has 0 amide bonds. The molecule has 112 valence electrons. The van der Waals surface area contributed by atoms with Gasteiger partial charge in [0.25, 0.3) is 0 Å². The Bertz CT molecular complexity index is 623. The van der Waals surface area contributed by atoms with Crippen LogP contribution in [0.1, 0.15) is 31.1 Å². The van der Waals surface area contributed by atoms with E-state index in [2.05, 4.69) is 42.1 Å². The van der Waals surface area contributed by atoms with E-state index in [1.54, 1.807) is 12.1 Å². The highest BCUT2D eigenvalue weighted by Crippen LogP contribution is 2.30. The van der Waals surface area contributed by atoms with Crippen molar-refractivity contribution < 1.29 is 9.13 Å². The minimum absolute atomic E-state index is 0.0711. The number of nitrogens with zero attached hydrogens (tertiary/aromatic N) is 1. The minimum Gasteiger partial charge on any atom is -0.488 e. The summed E-state index contributed by atoms with van der Waals surface area (Å²) in [5.41, 5.74) is 2.22. The minimum atomic E-state index is -0.194. The Hall–Kier alpha value is -1.81. The van der Waals surface area contributed by atoms with Crippen LogP contribution in [0.3, 0.4) is 0 Å². The SMILES string of the molecule is CCNC(C)c1cccn1CC1Cc2cc(F)ccc2O1. The first kappa shape index (κ1) is 14.1. The van der Waals surface area contributed by atoms with Gasteiger partial charge in [-0.25, -0.2) is 4.39 Å². The van der Waals surface area contributed by atoms with Crippen molar-refractivity contribution >= 4 is 0 Å². The molecule has 0 saturated heterocycles. The summed E-state index contributed by atoms with van der Waals surface area (Å²) in [6, 6.07) is 9.26. The lowest BCUT2D eigenvalue weighted by molar-refractivity contribution is 0.207. The highest BCUT2D eigenvalue weighted by molar-refractivity contribution is 5.37. The van der Waals surface area contributed by atoms with Gasteiger partial charge in [-0.05, 0) is 43.8 Å². The molecule has 1 aromatic heterocycles. The second-order valence-corrected chi connectivity index (χ2v) is 5.56. The van der Waals surface area contributed by atoms with E-state index in [-0.39, 0.29) is 11.9 Å². The van der Waals surface area contributed by atoms with E-state index >= 15 is 0 Å². The molecule has 3 nitrogen and oxygen atoms in total. The first-order valence-electron chi connectivity index (χ1n) is 7.51. The summed E-state index contributed by atoms with van der Waals surface area (Å²) in [5.74, 6) is 0.621. The fourth-order valence-electron chi connectivity index (χ4n) is 3.01. The Labute approximate surface area is 124 Å². The molecule has 0 fully saturated rings. The molecule has 3 rings (SSSR count). The molecule has 4 heteroatoms. The van der Waals surface area contributed by atoms with Gasteiger partial charge >= 0.3 is 0 Å². The van der Waals surface area contributed by atoms with Crippen LogP contribution in [0.4, 0.5) is 4.39 Å². The fourth-order valence-corrected chi connectivity index (χ4v) is 3.01. The average Bonchev–Trinajstić information content (AvgIpc) is 3.05. The van der Waals surface area contributed by atoms with Gasteiger partial charge < -0.3 is 14.6 Å². The third-order valence-electron chi connectivity index (χ3n) is 3.98. The predicted octanol–water partition coefficient (Wildman–Crippen LogP) is 3.30. The van der Waals surface area contributed by atoms with E-state index in [4.69, 9.17) is 4.74 Å². The summed E-state index contributed by atoms with van der Waals surface area (Å²) >= 11 is 0. The van der Waals surface area contributed by atoms with Gasteiger partial charge in [0.15, 0.2) is 0 Å². The number of fused-ring (bicyclic) bond motifs is 1. The largest absolute Gasteiger partial charge is 0.488 e. The van der Waals surface area contributed by atoms with Crippen LogP contribution in [0.15, 0.2) is 36.5 Å². The third kappa shape index (κ3) is 2.95. The van der Waals surface area contributed by atoms with Gasteiger partial charge in [0.05, 0.1) is 6.54 Å². The molecule has 1 aromatic carbocycles. The van der Waals surface area contributed by atoms with E-state index in [0.29, 0.717) is 6.04 Å². The van der Waals surface area contributed by atoms with Gasteiger partial charge in [-0.3, -0.25) is 0 Å². The van der Waals surface area contributed by atoms with Gasteiger partial charge in [0, 0.05) is 29.9 Å². The molecule has 1 aliphatic heterocycles. The number of ether oxygens (including phenoxy) is 1. The van der Waals surface area contributed by atoms with Crippen molar-refractivity contribution in [2.75, 3.05) is 6.54 Å². The van der Waals surface area contributed by atoms with Crippen LogP contribution < -0.4 is 10.1 Å². The van der Waals surface area contributed by atoms with Gasteiger partial charge in [-0.1, -0.05) is 6.92 Å².